The van der Waals surface area contributed by atoms with Crippen LogP contribution in [0.4, 0.5) is 0 Å². The minimum atomic E-state index is -0.195. The number of amides is 1. The third kappa shape index (κ3) is 3.33. The lowest BCUT2D eigenvalue weighted by Crippen LogP contribution is -2.37. The Morgan fingerprint density at radius 2 is 1.89 bits per heavy atom. The van der Waals surface area contributed by atoms with E-state index in [9.17, 15) is 9.59 Å². The Morgan fingerprint density at radius 3 is 2.57 bits per heavy atom. The van der Waals surface area contributed by atoms with Gasteiger partial charge < -0.3 is 5.32 Å². The predicted octanol–water partition coefficient (Wildman–Crippen LogP) is 3.52. The van der Waals surface area contributed by atoms with Crippen molar-refractivity contribution in [2.45, 2.75) is 52.1 Å². The van der Waals surface area contributed by atoms with Gasteiger partial charge in [-0.05, 0) is 56.5 Å². The second-order valence-corrected chi connectivity index (χ2v) is 7.88. The molecule has 0 bridgehead atoms. The highest BCUT2D eigenvalue weighted by atomic mass is 35.5. The number of nitrogens with one attached hydrogen (secondary N) is 1. The van der Waals surface area contributed by atoms with Crippen LogP contribution in [0.5, 0.6) is 0 Å². The number of nitrogens with zero attached hydrogens (tertiary/aromatic N) is 3. The van der Waals surface area contributed by atoms with E-state index >= 15 is 0 Å². The van der Waals surface area contributed by atoms with Crippen molar-refractivity contribution in [3.63, 3.8) is 0 Å². The van der Waals surface area contributed by atoms with E-state index in [4.69, 9.17) is 11.6 Å². The summed E-state index contributed by atoms with van der Waals surface area (Å²) in [5.74, 6) is -0.137. The highest BCUT2D eigenvalue weighted by molar-refractivity contribution is 6.30. The number of benzene rings is 1. The molecule has 1 aliphatic rings. The van der Waals surface area contributed by atoms with E-state index in [2.05, 4.69) is 10.3 Å². The van der Waals surface area contributed by atoms with Crippen molar-refractivity contribution in [1.29, 1.82) is 0 Å². The van der Waals surface area contributed by atoms with E-state index in [0.717, 1.165) is 42.6 Å². The van der Waals surface area contributed by atoms with Crippen molar-refractivity contribution in [2.75, 3.05) is 0 Å². The minimum Gasteiger partial charge on any atom is -0.352 e. The average Bonchev–Trinajstić information content (AvgIpc) is 3.26. The molecule has 28 heavy (non-hydrogen) atoms. The van der Waals surface area contributed by atoms with Crippen LogP contribution in [0, 0.1) is 13.8 Å². The number of carbonyl (C=O) groups is 1. The molecule has 6 nitrogen and oxygen atoms in total. The van der Waals surface area contributed by atoms with Crippen molar-refractivity contribution >= 4 is 28.5 Å². The van der Waals surface area contributed by atoms with Gasteiger partial charge in [0.1, 0.15) is 12.9 Å². The molecule has 2 heterocycles. The Hall–Kier alpha value is -2.60. The maximum atomic E-state index is 13.1. The molecule has 1 amide bonds. The maximum Gasteiger partial charge on any atom is 0.263 e. The summed E-state index contributed by atoms with van der Waals surface area (Å²) in [7, 11) is 0. The molecule has 0 radical (unpaired) electrons. The third-order valence-corrected chi connectivity index (χ3v) is 5.85. The summed E-state index contributed by atoms with van der Waals surface area (Å²) >= 11 is 6.00. The van der Waals surface area contributed by atoms with Crippen molar-refractivity contribution in [1.82, 2.24) is 19.4 Å². The molecule has 0 aliphatic heterocycles. The summed E-state index contributed by atoms with van der Waals surface area (Å²) in [5, 5.41) is 4.22. The molecular weight excluding hydrogens is 376 g/mol. The number of halogens is 1. The van der Waals surface area contributed by atoms with Crippen LogP contribution in [0.3, 0.4) is 0 Å². The molecule has 3 aromatic rings. The lowest BCUT2D eigenvalue weighted by molar-refractivity contribution is -0.122. The highest BCUT2D eigenvalue weighted by Gasteiger charge is 2.20. The first-order valence-corrected chi connectivity index (χ1v) is 9.96. The second kappa shape index (κ2) is 7.43. The van der Waals surface area contributed by atoms with Gasteiger partial charge in [-0.15, -0.1) is 0 Å². The Balaban J connectivity index is 1.71. The molecule has 1 aliphatic carbocycles. The highest BCUT2D eigenvalue weighted by Crippen LogP contribution is 2.25. The second-order valence-electron chi connectivity index (χ2n) is 7.45. The molecular formula is C21H23ClN4O2. The molecule has 1 saturated carbocycles. The number of aromatic nitrogens is 3. The number of rotatable bonds is 4. The minimum absolute atomic E-state index is 0.0110. The fourth-order valence-electron chi connectivity index (χ4n) is 4.00. The quantitative estimate of drug-likeness (QED) is 0.731. The Labute approximate surface area is 168 Å². The van der Waals surface area contributed by atoms with Gasteiger partial charge in [0.25, 0.3) is 5.56 Å². The van der Waals surface area contributed by atoms with E-state index in [-0.39, 0.29) is 24.1 Å². The van der Waals surface area contributed by atoms with Crippen molar-refractivity contribution in [3.05, 3.63) is 57.2 Å². The van der Waals surface area contributed by atoms with Gasteiger partial charge in [-0.2, -0.15) is 0 Å². The molecule has 0 spiro atoms. The topological polar surface area (TPSA) is 68.9 Å². The zero-order valence-corrected chi connectivity index (χ0v) is 16.8. The van der Waals surface area contributed by atoms with Crippen LogP contribution in [0.1, 0.15) is 36.9 Å². The van der Waals surface area contributed by atoms with Gasteiger partial charge >= 0.3 is 0 Å². The maximum absolute atomic E-state index is 13.1. The van der Waals surface area contributed by atoms with Crippen LogP contribution in [0.25, 0.3) is 16.7 Å². The summed E-state index contributed by atoms with van der Waals surface area (Å²) < 4.78 is 3.34. The summed E-state index contributed by atoms with van der Waals surface area (Å²) in [6, 6.07) is 7.65. The van der Waals surface area contributed by atoms with Crippen molar-refractivity contribution in [2.24, 2.45) is 0 Å². The monoisotopic (exact) mass is 398 g/mol. The van der Waals surface area contributed by atoms with Gasteiger partial charge in [0.2, 0.25) is 5.91 Å². The number of carbonyl (C=O) groups excluding carboxylic acids is 1. The van der Waals surface area contributed by atoms with Gasteiger partial charge in [-0.3, -0.25) is 18.7 Å². The van der Waals surface area contributed by atoms with Gasteiger partial charge in [-0.1, -0.05) is 24.4 Å². The number of hydrogen-bond donors (Lipinski definition) is 1. The zero-order chi connectivity index (χ0) is 19.8. The largest absolute Gasteiger partial charge is 0.352 e. The Kier molecular flexibility index (Phi) is 4.98. The molecule has 0 saturated heterocycles. The fourth-order valence-corrected chi connectivity index (χ4v) is 4.13. The standard InChI is InChI=1S/C21H23ClN4O2/c1-13-14(2)26(17-9-7-15(22)8-10-17)20-19(13)21(28)25(12-23-20)11-18(27)24-16-5-3-4-6-16/h7-10,12,16H,3-6,11H2,1-2H3,(H,24,27). The molecule has 1 N–H and O–H groups in total. The molecule has 4 rings (SSSR count). The first-order chi connectivity index (χ1) is 13.5. The zero-order valence-electron chi connectivity index (χ0n) is 16.0. The first-order valence-electron chi connectivity index (χ1n) is 9.58. The van der Waals surface area contributed by atoms with E-state index in [1.54, 1.807) is 0 Å². The van der Waals surface area contributed by atoms with Gasteiger partial charge in [0, 0.05) is 22.4 Å². The van der Waals surface area contributed by atoms with Crippen LogP contribution in [0.15, 0.2) is 35.4 Å². The smallest absolute Gasteiger partial charge is 0.263 e. The molecule has 1 aromatic carbocycles. The third-order valence-electron chi connectivity index (χ3n) is 5.60. The van der Waals surface area contributed by atoms with Gasteiger partial charge in [-0.25, -0.2) is 4.98 Å². The van der Waals surface area contributed by atoms with E-state index < -0.39 is 0 Å². The molecule has 7 heteroatoms. The van der Waals surface area contributed by atoms with Crippen molar-refractivity contribution < 1.29 is 4.79 Å². The van der Waals surface area contributed by atoms with E-state index in [0.29, 0.717) is 16.1 Å². The van der Waals surface area contributed by atoms with E-state index in [1.165, 1.54) is 10.9 Å². The lowest BCUT2D eigenvalue weighted by Gasteiger charge is -2.13. The average molecular weight is 399 g/mol. The summed E-state index contributed by atoms with van der Waals surface area (Å²) in [6.07, 6.45) is 5.79. The summed E-state index contributed by atoms with van der Waals surface area (Å²) in [6.45, 7) is 3.86. The normalized spacial score (nSPS) is 14.7. The van der Waals surface area contributed by atoms with Crippen LogP contribution < -0.4 is 10.9 Å². The Bertz CT molecular complexity index is 1090. The first kappa shape index (κ1) is 18.7. The van der Waals surface area contributed by atoms with Crippen LogP contribution >= 0.6 is 11.6 Å². The van der Waals surface area contributed by atoms with Crippen LogP contribution in [-0.2, 0) is 11.3 Å². The number of aryl methyl sites for hydroxylation is 1. The molecule has 0 unspecified atom stereocenters. The van der Waals surface area contributed by atoms with Crippen molar-refractivity contribution in [3.8, 4) is 5.69 Å². The number of hydrogen-bond acceptors (Lipinski definition) is 3. The molecule has 2 aromatic heterocycles. The van der Waals surface area contributed by atoms with Gasteiger partial charge in [0.05, 0.1) is 5.39 Å². The lowest BCUT2D eigenvalue weighted by atomic mass is 10.2. The Morgan fingerprint density at radius 1 is 1.21 bits per heavy atom. The number of fused-ring (bicyclic) bond motifs is 1. The summed E-state index contributed by atoms with van der Waals surface area (Å²) in [4.78, 5) is 30.0. The summed E-state index contributed by atoms with van der Waals surface area (Å²) in [5.41, 5.74) is 3.10. The predicted molar refractivity (Wildman–Crippen MR) is 110 cm³/mol. The van der Waals surface area contributed by atoms with Crippen LogP contribution in [0.2, 0.25) is 5.02 Å². The van der Waals surface area contributed by atoms with E-state index in [1.807, 2.05) is 42.7 Å². The van der Waals surface area contributed by atoms with Gasteiger partial charge in [0.15, 0.2) is 5.65 Å². The molecule has 146 valence electrons. The fraction of sp³-hybridized carbons (Fsp3) is 0.381. The molecule has 0 atom stereocenters. The molecule has 1 fully saturated rings. The van der Waals surface area contributed by atoms with Crippen LogP contribution in [-0.4, -0.2) is 26.1 Å². The SMILES string of the molecule is Cc1c(C)n(-c2ccc(Cl)cc2)c2ncn(CC(=O)NC3CCCC3)c(=O)c12.